The Kier molecular flexibility index (Phi) is 2.37. The summed E-state index contributed by atoms with van der Waals surface area (Å²) in [5, 5.41) is 2.63. The van der Waals surface area contributed by atoms with E-state index in [1.165, 1.54) is 4.68 Å². The molecule has 0 radical (unpaired) electrons. The van der Waals surface area contributed by atoms with Gasteiger partial charge in [-0.15, -0.1) is 0 Å². The van der Waals surface area contributed by atoms with Gasteiger partial charge in [-0.25, -0.2) is 4.98 Å². The number of nitrogens with zero attached hydrogens (tertiary/aromatic N) is 2. The molecule has 2 heterocycles. The van der Waals surface area contributed by atoms with Gasteiger partial charge in [0.15, 0.2) is 0 Å². The summed E-state index contributed by atoms with van der Waals surface area (Å²) in [4.78, 5) is 15.6. The Morgan fingerprint density at radius 2 is 2.20 bits per heavy atom. The van der Waals surface area contributed by atoms with Crippen LogP contribution in [0.2, 0.25) is 0 Å². The van der Waals surface area contributed by atoms with Gasteiger partial charge in [0, 0.05) is 12.4 Å². The van der Waals surface area contributed by atoms with Gasteiger partial charge in [0.05, 0.1) is 0 Å². The molecule has 0 unspecified atom stereocenters. The molecule has 15 heavy (non-hydrogen) atoms. The summed E-state index contributed by atoms with van der Waals surface area (Å²) in [5.74, 6) is 5.76. The number of nitrogens with two attached hydrogens (primary N) is 1. The van der Waals surface area contributed by atoms with Gasteiger partial charge in [-0.05, 0) is 24.3 Å². The average molecular weight is 202 g/mol. The van der Waals surface area contributed by atoms with Crippen molar-refractivity contribution in [2.24, 2.45) is 0 Å². The van der Waals surface area contributed by atoms with Crippen molar-refractivity contribution in [2.75, 3.05) is 11.2 Å². The van der Waals surface area contributed by atoms with Crippen LogP contribution in [0.5, 0.6) is 0 Å². The normalized spacial score (nSPS) is 9.87. The Bertz CT molecular complexity index is 463. The maximum atomic E-state index is 11.6. The van der Waals surface area contributed by atoms with Crippen molar-refractivity contribution in [3.63, 3.8) is 0 Å². The first-order chi connectivity index (χ1) is 7.27. The Hall–Kier alpha value is -2.30. The fourth-order valence-corrected chi connectivity index (χ4v) is 1.20. The van der Waals surface area contributed by atoms with E-state index in [-0.39, 0.29) is 5.91 Å². The zero-order chi connectivity index (χ0) is 10.7. The van der Waals surface area contributed by atoms with Gasteiger partial charge >= 0.3 is 0 Å². The van der Waals surface area contributed by atoms with E-state index in [2.05, 4.69) is 10.3 Å². The molecular formula is C10H10N4O. The number of anilines is 1. The molecule has 0 saturated heterocycles. The number of nitrogens with one attached hydrogen (secondary N) is 1. The molecule has 0 aliphatic carbocycles. The summed E-state index contributed by atoms with van der Waals surface area (Å²) in [5.41, 5.74) is 0.389. The van der Waals surface area contributed by atoms with Gasteiger partial charge in [0.25, 0.3) is 5.91 Å². The Morgan fingerprint density at radius 1 is 1.33 bits per heavy atom. The van der Waals surface area contributed by atoms with Crippen molar-refractivity contribution in [1.29, 1.82) is 0 Å². The first-order valence-electron chi connectivity index (χ1n) is 4.42. The molecule has 5 heteroatoms. The molecule has 0 fully saturated rings. The lowest BCUT2D eigenvalue weighted by atomic mass is 10.4. The van der Waals surface area contributed by atoms with Crippen LogP contribution in [0.25, 0.3) is 0 Å². The third kappa shape index (κ3) is 1.96. The average Bonchev–Trinajstić information content (AvgIpc) is 2.66. The van der Waals surface area contributed by atoms with Crippen molar-refractivity contribution < 1.29 is 4.79 Å². The predicted molar refractivity (Wildman–Crippen MR) is 56.8 cm³/mol. The van der Waals surface area contributed by atoms with E-state index in [9.17, 15) is 4.79 Å². The molecule has 1 amide bonds. The first-order valence-corrected chi connectivity index (χ1v) is 4.42. The third-order valence-corrected chi connectivity index (χ3v) is 1.92. The molecular weight excluding hydrogens is 192 g/mol. The SMILES string of the molecule is Nn1cccc1C(=O)Nc1ccccn1. The fraction of sp³-hybridized carbons (Fsp3) is 0. The highest BCUT2D eigenvalue weighted by molar-refractivity contribution is 6.02. The minimum atomic E-state index is -0.277. The topological polar surface area (TPSA) is 72.9 Å². The summed E-state index contributed by atoms with van der Waals surface area (Å²) in [6.07, 6.45) is 3.21. The highest BCUT2D eigenvalue weighted by Crippen LogP contribution is 2.04. The minimum Gasteiger partial charge on any atom is -0.339 e. The Labute approximate surface area is 86.5 Å². The van der Waals surface area contributed by atoms with Crippen LogP contribution < -0.4 is 11.2 Å². The summed E-state index contributed by atoms with van der Waals surface area (Å²) >= 11 is 0. The minimum absolute atomic E-state index is 0.277. The van der Waals surface area contributed by atoms with Crippen LogP contribution in [-0.2, 0) is 0 Å². The summed E-state index contributed by atoms with van der Waals surface area (Å²) in [7, 11) is 0. The molecule has 2 aromatic rings. The zero-order valence-corrected chi connectivity index (χ0v) is 7.92. The zero-order valence-electron chi connectivity index (χ0n) is 7.92. The maximum absolute atomic E-state index is 11.6. The number of aromatic nitrogens is 2. The molecule has 0 atom stereocenters. The second-order valence-corrected chi connectivity index (χ2v) is 2.97. The molecule has 2 rings (SSSR count). The Morgan fingerprint density at radius 3 is 2.80 bits per heavy atom. The second kappa shape index (κ2) is 3.83. The smallest absolute Gasteiger partial charge is 0.275 e. The molecule has 76 valence electrons. The highest BCUT2D eigenvalue weighted by atomic mass is 16.2. The number of carbonyl (C=O) groups excluding carboxylic acids is 1. The molecule has 0 aliphatic heterocycles. The van der Waals surface area contributed by atoms with Crippen molar-refractivity contribution in [2.45, 2.75) is 0 Å². The van der Waals surface area contributed by atoms with Gasteiger partial charge < -0.3 is 11.2 Å². The van der Waals surface area contributed by atoms with Crippen LogP contribution >= 0.6 is 0 Å². The monoisotopic (exact) mass is 202 g/mol. The number of pyridine rings is 1. The largest absolute Gasteiger partial charge is 0.339 e. The van der Waals surface area contributed by atoms with Gasteiger partial charge in [0.2, 0.25) is 0 Å². The van der Waals surface area contributed by atoms with Crippen LogP contribution in [0.4, 0.5) is 5.82 Å². The van der Waals surface area contributed by atoms with E-state index >= 15 is 0 Å². The van der Waals surface area contributed by atoms with Gasteiger partial charge in [-0.2, -0.15) is 0 Å². The molecule has 3 N–H and O–H groups in total. The molecule has 0 bridgehead atoms. The first kappa shape index (κ1) is 9.26. The lowest BCUT2D eigenvalue weighted by molar-refractivity contribution is 0.101. The lowest BCUT2D eigenvalue weighted by Gasteiger charge is -2.04. The Balaban J connectivity index is 2.15. The van der Waals surface area contributed by atoms with E-state index in [1.54, 1.807) is 42.7 Å². The van der Waals surface area contributed by atoms with Gasteiger partial charge in [0.1, 0.15) is 11.5 Å². The van der Waals surface area contributed by atoms with Gasteiger partial charge in [-0.3, -0.25) is 9.47 Å². The summed E-state index contributed by atoms with van der Waals surface area (Å²) in [6.45, 7) is 0. The van der Waals surface area contributed by atoms with Crippen molar-refractivity contribution in [3.05, 3.63) is 48.4 Å². The quantitative estimate of drug-likeness (QED) is 0.709. The van der Waals surface area contributed by atoms with E-state index < -0.39 is 0 Å². The highest BCUT2D eigenvalue weighted by Gasteiger charge is 2.09. The van der Waals surface area contributed by atoms with Gasteiger partial charge in [-0.1, -0.05) is 6.07 Å². The molecule has 2 aromatic heterocycles. The van der Waals surface area contributed by atoms with Crippen LogP contribution in [0.1, 0.15) is 10.5 Å². The molecule has 5 nitrogen and oxygen atoms in total. The number of nitrogen functional groups attached to an aromatic ring is 1. The number of hydrogen-bond acceptors (Lipinski definition) is 3. The van der Waals surface area contributed by atoms with E-state index in [4.69, 9.17) is 5.84 Å². The molecule has 0 aliphatic rings. The molecule has 0 saturated carbocycles. The van der Waals surface area contributed by atoms with E-state index in [1.807, 2.05) is 0 Å². The number of rotatable bonds is 2. The number of carbonyl (C=O) groups is 1. The second-order valence-electron chi connectivity index (χ2n) is 2.97. The fourth-order valence-electron chi connectivity index (χ4n) is 1.20. The molecule has 0 aromatic carbocycles. The summed E-state index contributed by atoms with van der Waals surface area (Å²) in [6, 6.07) is 8.62. The number of amides is 1. The van der Waals surface area contributed by atoms with Crippen LogP contribution in [-0.4, -0.2) is 15.6 Å². The van der Waals surface area contributed by atoms with E-state index in [0.29, 0.717) is 11.5 Å². The predicted octanol–water partition coefficient (Wildman–Crippen LogP) is 0.849. The van der Waals surface area contributed by atoms with Crippen LogP contribution in [0.15, 0.2) is 42.7 Å². The standard InChI is InChI=1S/C10H10N4O/c11-14-7-3-4-8(14)10(15)13-9-5-1-2-6-12-9/h1-7H,11H2,(H,12,13,15). The third-order valence-electron chi connectivity index (χ3n) is 1.92. The lowest BCUT2D eigenvalue weighted by Crippen LogP contribution is -2.21. The van der Waals surface area contributed by atoms with Crippen molar-refractivity contribution >= 4 is 11.7 Å². The maximum Gasteiger partial charge on any atom is 0.275 e. The van der Waals surface area contributed by atoms with Crippen LogP contribution in [0, 0.1) is 0 Å². The van der Waals surface area contributed by atoms with Crippen molar-refractivity contribution in [1.82, 2.24) is 9.66 Å². The summed E-state index contributed by atoms with van der Waals surface area (Å²) < 4.78 is 1.26. The van der Waals surface area contributed by atoms with E-state index in [0.717, 1.165) is 0 Å². The van der Waals surface area contributed by atoms with Crippen LogP contribution in [0.3, 0.4) is 0 Å². The van der Waals surface area contributed by atoms with Crippen molar-refractivity contribution in [3.8, 4) is 0 Å². The number of hydrogen-bond donors (Lipinski definition) is 2. The molecule has 0 spiro atoms.